The van der Waals surface area contributed by atoms with E-state index in [9.17, 15) is 0 Å². The lowest BCUT2D eigenvalue weighted by Gasteiger charge is -2.29. The zero-order chi connectivity index (χ0) is 12.2. The van der Waals surface area contributed by atoms with Gasteiger partial charge in [-0.05, 0) is 25.0 Å². The summed E-state index contributed by atoms with van der Waals surface area (Å²) in [4.78, 5) is 7.04. The van der Waals surface area contributed by atoms with E-state index in [1.807, 2.05) is 6.20 Å². The summed E-state index contributed by atoms with van der Waals surface area (Å²) in [5.41, 5.74) is 0. The molecule has 0 N–H and O–H groups in total. The first kappa shape index (κ1) is 12.9. The van der Waals surface area contributed by atoms with Crippen LogP contribution in [0.5, 0.6) is 0 Å². The molecule has 0 amide bonds. The SMILES string of the molecule is c1csc(CN(C[C@@H]2CCCO2)[C@H]2CCSC2)n1. The van der Waals surface area contributed by atoms with Gasteiger partial charge in [0.1, 0.15) is 5.01 Å². The molecule has 2 saturated heterocycles. The second-order valence-corrected chi connectivity index (χ2v) is 7.14. The molecule has 0 aliphatic carbocycles. The number of nitrogens with zero attached hydrogens (tertiary/aromatic N) is 2. The normalized spacial score (nSPS) is 28.3. The van der Waals surface area contributed by atoms with Crippen LogP contribution < -0.4 is 0 Å². The number of thioether (sulfide) groups is 1. The van der Waals surface area contributed by atoms with Gasteiger partial charge in [0, 0.05) is 36.5 Å². The van der Waals surface area contributed by atoms with Crippen LogP contribution in [0, 0.1) is 0 Å². The third kappa shape index (κ3) is 3.26. The zero-order valence-electron chi connectivity index (χ0n) is 10.6. The Morgan fingerprint density at radius 3 is 3.11 bits per heavy atom. The predicted molar refractivity (Wildman–Crippen MR) is 77.2 cm³/mol. The molecule has 0 bridgehead atoms. The van der Waals surface area contributed by atoms with Crippen molar-refractivity contribution in [2.45, 2.75) is 38.0 Å². The van der Waals surface area contributed by atoms with Gasteiger partial charge in [0.25, 0.3) is 0 Å². The molecule has 2 aliphatic heterocycles. The lowest BCUT2D eigenvalue weighted by atomic mass is 10.1. The molecule has 2 atom stereocenters. The highest BCUT2D eigenvalue weighted by Gasteiger charge is 2.27. The predicted octanol–water partition coefficient (Wildman–Crippen LogP) is 2.63. The maximum absolute atomic E-state index is 5.80. The molecule has 18 heavy (non-hydrogen) atoms. The summed E-state index contributed by atoms with van der Waals surface area (Å²) >= 11 is 3.85. The first-order valence-corrected chi connectivity index (χ1v) is 8.77. The van der Waals surface area contributed by atoms with Gasteiger partial charge < -0.3 is 4.74 Å². The van der Waals surface area contributed by atoms with Crippen LogP contribution in [0.4, 0.5) is 0 Å². The first-order chi connectivity index (χ1) is 8.92. The second kappa shape index (κ2) is 6.37. The third-order valence-corrected chi connectivity index (χ3v) is 5.62. The van der Waals surface area contributed by atoms with Crippen molar-refractivity contribution in [2.24, 2.45) is 0 Å². The van der Waals surface area contributed by atoms with Gasteiger partial charge in [0.15, 0.2) is 0 Å². The van der Waals surface area contributed by atoms with Crippen molar-refractivity contribution < 1.29 is 4.74 Å². The Bertz CT molecular complexity index is 346. The molecule has 0 radical (unpaired) electrons. The van der Waals surface area contributed by atoms with E-state index in [1.54, 1.807) is 11.3 Å². The maximum atomic E-state index is 5.80. The highest BCUT2D eigenvalue weighted by molar-refractivity contribution is 7.99. The Balaban J connectivity index is 1.62. The van der Waals surface area contributed by atoms with Crippen LogP contribution in [-0.4, -0.2) is 46.7 Å². The van der Waals surface area contributed by atoms with E-state index in [0.29, 0.717) is 6.10 Å². The van der Waals surface area contributed by atoms with E-state index in [1.165, 1.54) is 35.8 Å². The second-order valence-electron chi connectivity index (χ2n) is 5.01. The van der Waals surface area contributed by atoms with Gasteiger partial charge in [0.05, 0.1) is 12.6 Å². The zero-order valence-corrected chi connectivity index (χ0v) is 12.2. The average Bonchev–Trinajstić information content (AvgIpc) is 3.13. The summed E-state index contributed by atoms with van der Waals surface area (Å²) in [5.74, 6) is 2.59. The number of hydrogen-bond donors (Lipinski definition) is 0. The van der Waals surface area contributed by atoms with Crippen molar-refractivity contribution in [1.29, 1.82) is 0 Å². The van der Waals surface area contributed by atoms with E-state index < -0.39 is 0 Å². The fourth-order valence-electron chi connectivity index (χ4n) is 2.71. The highest BCUT2D eigenvalue weighted by atomic mass is 32.2. The fourth-order valence-corrected chi connectivity index (χ4v) is 4.60. The summed E-state index contributed by atoms with van der Waals surface area (Å²) in [6.07, 6.45) is 6.15. The quantitative estimate of drug-likeness (QED) is 0.830. The minimum atomic E-state index is 0.454. The van der Waals surface area contributed by atoms with Crippen LogP contribution in [0.25, 0.3) is 0 Å². The van der Waals surface area contributed by atoms with E-state index >= 15 is 0 Å². The third-order valence-electron chi connectivity index (χ3n) is 3.71. The lowest BCUT2D eigenvalue weighted by molar-refractivity contribution is 0.0575. The molecular formula is C13H20N2OS2. The summed E-state index contributed by atoms with van der Waals surface area (Å²) in [6.45, 7) is 3.04. The number of thiazole rings is 1. The summed E-state index contributed by atoms with van der Waals surface area (Å²) < 4.78 is 5.80. The first-order valence-electron chi connectivity index (χ1n) is 6.73. The highest BCUT2D eigenvalue weighted by Crippen LogP contribution is 2.26. The molecule has 1 aromatic heterocycles. The molecule has 5 heteroatoms. The van der Waals surface area contributed by atoms with Crippen molar-refractivity contribution in [3.05, 3.63) is 16.6 Å². The minimum Gasteiger partial charge on any atom is -0.377 e. The molecule has 0 unspecified atom stereocenters. The van der Waals surface area contributed by atoms with Crippen LogP contribution >= 0.6 is 23.1 Å². The van der Waals surface area contributed by atoms with E-state index in [0.717, 1.165) is 25.7 Å². The van der Waals surface area contributed by atoms with Crippen LogP contribution in [-0.2, 0) is 11.3 Å². The van der Waals surface area contributed by atoms with Crippen molar-refractivity contribution in [1.82, 2.24) is 9.88 Å². The van der Waals surface area contributed by atoms with E-state index in [-0.39, 0.29) is 0 Å². The van der Waals surface area contributed by atoms with Gasteiger partial charge in [0.2, 0.25) is 0 Å². The Kier molecular flexibility index (Phi) is 4.57. The molecular weight excluding hydrogens is 264 g/mol. The molecule has 3 heterocycles. The van der Waals surface area contributed by atoms with Crippen LogP contribution in [0.15, 0.2) is 11.6 Å². The summed E-state index contributed by atoms with van der Waals surface area (Å²) in [5, 5.41) is 3.31. The van der Waals surface area contributed by atoms with Crippen molar-refractivity contribution in [3.63, 3.8) is 0 Å². The molecule has 0 spiro atoms. The van der Waals surface area contributed by atoms with E-state index in [2.05, 4.69) is 27.0 Å². The van der Waals surface area contributed by atoms with E-state index in [4.69, 9.17) is 4.74 Å². The average molecular weight is 284 g/mol. The Morgan fingerprint density at radius 1 is 1.44 bits per heavy atom. The van der Waals surface area contributed by atoms with Gasteiger partial charge in [-0.15, -0.1) is 11.3 Å². The molecule has 3 nitrogen and oxygen atoms in total. The smallest absolute Gasteiger partial charge is 0.107 e. The molecule has 2 aliphatic rings. The Hall–Kier alpha value is -0.100. The Morgan fingerprint density at radius 2 is 2.44 bits per heavy atom. The van der Waals surface area contributed by atoms with Gasteiger partial charge in [-0.25, -0.2) is 4.98 Å². The number of rotatable bonds is 5. The minimum absolute atomic E-state index is 0.454. The number of hydrogen-bond acceptors (Lipinski definition) is 5. The maximum Gasteiger partial charge on any atom is 0.107 e. The van der Waals surface area contributed by atoms with Gasteiger partial charge in [-0.2, -0.15) is 11.8 Å². The number of aromatic nitrogens is 1. The monoisotopic (exact) mass is 284 g/mol. The largest absolute Gasteiger partial charge is 0.377 e. The number of ether oxygens (including phenoxy) is 1. The van der Waals surface area contributed by atoms with Crippen LogP contribution in [0.3, 0.4) is 0 Å². The molecule has 0 saturated carbocycles. The van der Waals surface area contributed by atoms with Crippen LogP contribution in [0.2, 0.25) is 0 Å². The molecule has 100 valence electrons. The fraction of sp³-hybridized carbons (Fsp3) is 0.769. The Labute approximate surface area is 117 Å². The standard InChI is InChI=1S/C13H20N2OS2/c1-2-12(16-5-1)8-15(11-3-6-17-10-11)9-13-14-4-7-18-13/h4,7,11-12H,1-3,5-6,8-10H2/t11-,12-/m0/s1. The van der Waals surface area contributed by atoms with Gasteiger partial charge in [-0.1, -0.05) is 0 Å². The molecule has 0 aromatic carbocycles. The lowest BCUT2D eigenvalue weighted by Crippen LogP contribution is -2.40. The summed E-state index contributed by atoms with van der Waals surface area (Å²) in [6, 6.07) is 0.725. The van der Waals surface area contributed by atoms with Crippen molar-refractivity contribution >= 4 is 23.1 Å². The van der Waals surface area contributed by atoms with Crippen molar-refractivity contribution in [2.75, 3.05) is 24.7 Å². The van der Waals surface area contributed by atoms with Gasteiger partial charge >= 0.3 is 0 Å². The van der Waals surface area contributed by atoms with Crippen LogP contribution in [0.1, 0.15) is 24.3 Å². The van der Waals surface area contributed by atoms with Crippen molar-refractivity contribution in [3.8, 4) is 0 Å². The molecule has 3 rings (SSSR count). The topological polar surface area (TPSA) is 25.4 Å². The molecule has 1 aromatic rings. The van der Waals surface area contributed by atoms with Gasteiger partial charge in [-0.3, -0.25) is 4.90 Å². The summed E-state index contributed by atoms with van der Waals surface area (Å²) in [7, 11) is 0. The molecule has 2 fully saturated rings.